The Hall–Kier alpha value is -3.46. The SMILES string of the molecule is Cc1cccc(OCC(=O)N2CCN(Cc3ccccc3F)CC2)c1.O=C(O)C(=O)O. The molecule has 2 N–H and O–H groups in total. The molecule has 2 aromatic carbocycles. The Morgan fingerprint density at radius 3 is 2.19 bits per heavy atom. The lowest BCUT2D eigenvalue weighted by atomic mass is 10.2. The van der Waals surface area contributed by atoms with Gasteiger partial charge in [-0.3, -0.25) is 9.69 Å². The number of hydrogen-bond acceptors (Lipinski definition) is 5. The predicted molar refractivity (Wildman–Crippen MR) is 110 cm³/mol. The van der Waals surface area contributed by atoms with E-state index < -0.39 is 11.9 Å². The fourth-order valence-corrected chi connectivity index (χ4v) is 2.96. The molecule has 0 aliphatic carbocycles. The highest BCUT2D eigenvalue weighted by molar-refractivity contribution is 6.27. The number of rotatable bonds is 5. The third-order valence-corrected chi connectivity index (χ3v) is 4.61. The number of benzene rings is 2. The highest BCUT2D eigenvalue weighted by atomic mass is 19.1. The quantitative estimate of drug-likeness (QED) is 0.696. The van der Waals surface area contributed by atoms with Gasteiger partial charge in [0.05, 0.1) is 0 Å². The molecule has 1 fully saturated rings. The summed E-state index contributed by atoms with van der Waals surface area (Å²) in [5, 5.41) is 14.8. The minimum absolute atomic E-state index is 0.00736. The lowest BCUT2D eigenvalue weighted by molar-refractivity contribution is -0.159. The molecule has 0 saturated carbocycles. The van der Waals surface area contributed by atoms with Crippen molar-refractivity contribution >= 4 is 17.8 Å². The molecule has 0 spiro atoms. The Morgan fingerprint density at radius 2 is 1.61 bits per heavy atom. The average Bonchev–Trinajstić information content (AvgIpc) is 2.74. The van der Waals surface area contributed by atoms with Crippen molar-refractivity contribution in [1.29, 1.82) is 0 Å². The summed E-state index contributed by atoms with van der Waals surface area (Å²) >= 11 is 0. The fourth-order valence-electron chi connectivity index (χ4n) is 2.96. The van der Waals surface area contributed by atoms with Gasteiger partial charge in [0, 0.05) is 38.3 Å². The maximum Gasteiger partial charge on any atom is 0.414 e. The minimum Gasteiger partial charge on any atom is -0.484 e. The molecule has 0 atom stereocenters. The van der Waals surface area contributed by atoms with Crippen LogP contribution in [0.2, 0.25) is 0 Å². The first-order chi connectivity index (χ1) is 14.8. The summed E-state index contributed by atoms with van der Waals surface area (Å²) < 4.78 is 19.3. The van der Waals surface area contributed by atoms with Crippen LogP contribution in [-0.2, 0) is 20.9 Å². The molecule has 3 rings (SSSR count). The van der Waals surface area contributed by atoms with Crippen LogP contribution in [0.25, 0.3) is 0 Å². The maximum atomic E-state index is 13.7. The summed E-state index contributed by atoms with van der Waals surface area (Å²) in [4.78, 5) is 34.5. The molecule has 0 radical (unpaired) electrons. The van der Waals surface area contributed by atoms with Gasteiger partial charge in [0.2, 0.25) is 0 Å². The topological polar surface area (TPSA) is 107 Å². The number of aryl methyl sites for hydroxylation is 1. The van der Waals surface area contributed by atoms with E-state index in [2.05, 4.69) is 4.90 Å². The number of nitrogens with zero attached hydrogens (tertiary/aromatic N) is 2. The lowest BCUT2D eigenvalue weighted by Gasteiger charge is -2.34. The average molecular weight is 432 g/mol. The Morgan fingerprint density at radius 1 is 0.968 bits per heavy atom. The number of aliphatic carboxylic acids is 2. The second kappa shape index (κ2) is 11.7. The second-order valence-corrected chi connectivity index (χ2v) is 6.96. The third-order valence-electron chi connectivity index (χ3n) is 4.61. The molecule has 1 aliphatic heterocycles. The van der Waals surface area contributed by atoms with Crippen molar-refractivity contribution in [2.75, 3.05) is 32.8 Å². The molecule has 1 heterocycles. The Balaban J connectivity index is 0.000000501. The summed E-state index contributed by atoms with van der Waals surface area (Å²) in [5.74, 6) is -3.11. The number of amides is 1. The molecular formula is C22H25FN2O6. The van der Waals surface area contributed by atoms with Gasteiger partial charge in [0.25, 0.3) is 5.91 Å². The molecule has 1 aliphatic rings. The number of carbonyl (C=O) groups is 3. The molecule has 31 heavy (non-hydrogen) atoms. The van der Waals surface area contributed by atoms with E-state index in [-0.39, 0.29) is 18.3 Å². The normalized spacial score (nSPS) is 13.7. The Bertz CT molecular complexity index is 900. The van der Waals surface area contributed by atoms with Crippen LogP contribution >= 0.6 is 0 Å². The summed E-state index contributed by atoms with van der Waals surface area (Å²) in [7, 11) is 0. The van der Waals surface area contributed by atoms with Crippen molar-refractivity contribution in [3.63, 3.8) is 0 Å². The molecule has 166 valence electrons. The zero-order valence-corrected chi connectivity index (χ0v) is 17.2. The van der Waals surface area contributed by atoms with Crippen LogP contribution in [0.5, 0.6) is 5.75 Å². The first kappa shape index (κ1) is 23.8. The highest BCUT2D eigenvalue weighted by Gasteiger charge is 2.22. The molecule has 8 nitrogen and oxygen atoms in total. The maximum absolute atomic E-state index is 13.7. The summed E-state index contributed by atoms with van der Waals surface area (Å²) in [6, 6.07) is 14.5. The molecule has 9 heteroatoms. The van der Waals surface area contributed by atoms with Crippen LogP contribution in [0.15, 0.2) is 48.5 Å². The summed E-state index contributed by atoms with van der Waals surface area (Å²) in [6.45, 7) is 5.39. The summed E-state index contributed by atoms with van der Waals surface area (Å²) in [6.07, 6.45) is 0. The third kappa shape index (κ3) is 8.06. The largest absolute Gasteiger partial charge is 0.484 e. The van der Waals surface area contributed by atoms with Crippen molar-refractivity contribution < 1.29 is 33.7 Å². The standard InChI is InChI=1S/C20H23FN2O2.C2H2O4/c1-16-5-4-7-18(13-16)25-15-20(24)23-11-9-22(10-12-23)14-17-6-2-3-8-19(17)21;3-1(4)2(5)6/h2-8,13H,9-12,14-15H2,1H3;(H,3,4)(H,5,6). The smallest absolute Gasteiger partial charge is 0.414 e. The number of carbonyl (C=O) groups excluding carboxylic acids is 1. The van der Waals surface area contributed by atoms with Crippen LogP contribution < -0.4 is 4.74 Å². The number of carboxylic acid groups (broad SMARTS) is 2. The molecule has 0 unspecified atom stereocenters. The molecule has 0 bridgehead atoms. The van der Waals surface area contributed by atoms with E-state index in [4.69, 9.17) is 24.5 Å². The van der Waals surface area contributed by atoms with Crippen molar-refractivity contribution in [2.24, 2.45) is 0 Å². The van der Waals surface area contributed by atoms with Crippen LogP contribution in [0, 0.1) is 12.7 Å². The number of hydrogen-bond donors (Lipinski definition) is 2. The monoisotopic (exact) mass is 432 g/mol. The van der Waals surface area contributed by atoms with E-state index in [0.29, 0.717) is 30.9 Å². The van der Waals surface area contributed by atoms with Crippen LogP contribution in [0.3, 0.4) is 0 Å². The van der Waals surface area contributed by atoms with Crippen molar-refractivity contribution in [2.45, 2.75) is 13.5 Å². The van der Waals surface area contributed by atoms with E-state index in [9.17, 15) is 9.18 Å². The van der Waals surface area contributed by atoms with E-state index in [0.717, 1.165) is 18.7 Å². The van der Waals surface area contributed by atoms with Gasteiger partial charge in [-0.25, -0.2) is 14.0 Å². The summed E-state index contributed by atoms with van der Waals surface area (Å²) in [5.41, 5.74) is 1.80. The van der Waals surface area contributed by atoms with Gasteiger partial charge in [-0.1, -0.05) is 30.3 Å². The van der Waals surface area contributed by atoms with E-state index >= 15 is 0 Å². The molecule has 0 aromatic heterocycles. The van der Waals surface area contributed by atoms with Crippen molar-refractivity contribution in [1.82, 2.24) is 9.80 Å². The number of carboxylic acids is 2. The van der Waals surface area contributed by atoms with Crippen molar-refractivity contribution in [3.8, 4) is 5.75 Å². The second-order valence-electron chi connectivity index (χ2n) is 6.96. The highest BCUT2D eigenvalue weighted by Crippen LogP contribution is 2.14. The molecule has 1 saturated heterocycles. The van der Waals surface area contributed by atoms with Gasteiger partial charge in [0.15, 0.2) is 6.61 Å². The van der Waals surface area contributed by atoms with E-state index in [1.54, 1.807) is 6.07 Å². The first-order valence-corrected chi connectivity index (χ1v) is 9.65. The first-order valence-electron chi connectivity index (χ1n) is 9.65. The Labute approximate surface area is 179 Å². The number of piperazine rings is 1. The van der Waals surface area contributed by atoms with Gasteiger partial charge in [-0.15, -0.1) is 0 Å². The van der Waals surface area contributed by atoms with Gasteiger partial charge in [-0.2, -0.15) is 0 Å². The predicted octanol–water partition coefficient (Wildman–Crippen LogP) is 2.01. The van der Waals surface area contributed by atoms with Crippen LogP contribution in [0.4, 0.5) is 4.39 Å². The van der Waals surface area contributed by atoms with E-state index in [1.165, 1.54) is 6.07 Å². The van der Waals surface area contributed by atoms with Crippen LogP contribution in [0.1, 0.15) is 11.1 Å². The van der Waals surface area contributed by atoms with Gasteiger partial charge < -0.3 is 19.8 Å². The zero-order chi connectivity index (χ0) is 22.8. The fraction of sp³-hybridized carbons (Fsp3) is 0.318. The van der Waals surface area contributed by atoms with E-state index in [1.807, 2.05) is 48.2 Å². The zero-order valence-electron chi connectivity index (χ0n) is 17.2. The molecular weight excluding hydrogens is 407 g/mol. The molecule has 1 amide bonds. The van der Waals surface area contributed by atoms with Crippen molar-refractivity contribution in [3.05, 3.63) is 65.5 Å². The molecule has 2 aromatic rings. The minimum atomic E-state index is -1.82. The van der Waals surface area contributed by atoms with Gasteiger partial charge in [0.1, 0.15) is 11.6 Å². The van der Waals surface area contributed by atoms with Gasteiger partial charge >= 0.3 is 11.9 Å². The number of ether oxygens (including phenoxy) is 1. The lowest BCUT2D eigenvalue weighted by Crippen LogP contribution is -2.49. The van der Waals surface area contributed by atoms with Crippen LogP contribution in [-0.4, -0.2) is 70.6 Å². The number of halogens is 1. The Kier molecular flexibility index (Phi) is 8.95. The van der Waals surface area contributed by atoms with Gasteiger partial charge in [-0.05, 0) is 30.7 Å².